The summed E-state index contributed by atoms with van der Waals surface area (Å²) in [6.07, 6.45) is 1.60. The Morgan fingerprint density at radius 1 is 1.15 bits per heavy atom. The van der Waals surface area contributed by atoms with E-state index in [0.29, 0.717) is 23.5 Å². The number of para-hydroxylation sites is 1. The van der Waals surface area contributed by atoms with E-state index in [9.17, 15) is 15.3 Å². The third-order valence-electron chi connectivity index (χ3n) is 11.0. The van der Waals surface area contributed by atoms with Crippen LogP contribution in [0.25, 0.3) is 0 Å². The van der Waals surface area contributed by atoms with Gasteiger partial charge in [-0.15, -0.1) is 0 Å². The summed E-state index contributed by atoms with van der Waals surface area (Å²) < 4.78 is 0.601. The number of quaternary nitrogens is 1. The SMILES string of the molecule is CC[C@H]1C2C[C@H]3[C@@H]4N(C)c5ccccc5[C@]45C[C@@H](C2C5O)[N+]3(CC(O)CN(CC)CC)[C@@H]1O. The molecule has 5 bridgehead atoms. The molecule has 4 saturated heterocycles. The first-order chi connectivity index (χ1) is 15.9. The topological polar surface area (TPSA) is 67.2 Å². The second-order valence-electron chi connectivity index (χ2n) is 11.7. The van der Waals surface area contributed by atoms with Crippen molar-refractivity contribution >= 4 is 5.69 Å². The van der Waals surface area contributed by atoms with Crippen molar-refractivity contribution in [1.29, 1.82) is 0 Å². The highest BCUT2D eigenvalue weighted by Gasteiger charge is 2.83. The third kappa shape index (κ3) is 2.47. The number of piperidine rings is 4. The maximum Gasteiger partial charge on any atom is 0.194 e. The van der Waals surface area contributed by atoms with Crippen molar-refractivity contribution in [1.82, 2.24) is 4.90 Å². The van der Waals surface area contributed by atoms with Crippen molar-refractivity contribution in [2.45, 2.75) is 82.0 Å². The van der Waals surface area contributed by atoms with Gasteiger partial charge in [0.05, 0.1) is 23.6 Å². The summed E-state index contributed by atoms with van der Waals surface area (Å²) in [4.78, 5) is 4.71. The summed E-state index contributed by atoms with van der Waals surface area (Å²) in [5.74, 6) is 0.785. The molecule has 1 aromatic rings. The van der Waals surface area contributed by atoms with Gasteiger partial charge in [0.2, 0.25) is 0 Å². The first kappa shape index (κ1) is 22.3. The fourth-order valence-electron chi connectivity index (χ4n) is 9.96. The fourth-order valence-corrected chi connectivity index (χ4v) is 9.96. The van der Waals surface area contributed by atoms with Gasteiger partial charge in [0.15, 0.2) is 6.23 Å². The molecule has 5 aliphatic heterocycles. The van der Waals surface area contributed by atoms with E-state index >= 15 is 0 Å². The molecule has 6 heteroatoms. The largest absolute Gasteiger partial charge is 0.392 e. The summed E-state index contributed by atoms with van der Waals surface area (Å²) in [5.41, 5.74) is 2.32. The van der Waals surface area contributed by atoms with Crippen LogP contribution in [-0.2, 0) is 5.41 Å². The van der Waals surface area contributed by atoms with Gasteiger partial charge in [-0.25, -0.2) is 0 Å². The lowest BCUT2D eigenvalue weighted by Crippen LogP contribution is -2.84. The van der Waals surface area contributed by atoms with E-state index in [1.54, 1.807) is 0 Å². The Morgan fingerprint density at radius 2 is 1.88 bits per heavy atom. The number of benzene rings is 1. The van der Waals surface area contributed by atoms with Crippen LogP contribution in [0.15, 0.2) is 24.3 Å². The van der Waals surface area contributed by atoms with Gasteiger partial charge in [0.1, 0.15) is 18.7 Å². The van der Waals surface area contributed by atoms with Crippen LogP contribution in [-0.4, -0.2) is 94.5 Å². The summed E-state index contributed by atoms with van der Waals surface area (Å²) in [6.45, 7) is 9.58. The highest BCUT2D eigenvalue weighted by Crippen LogP contribution is 2.71. The molecule has 5 unspecified atom stereocenters. The van der Waals surface area contributed by atoms with E-state index in [4.69, 9.17) is 0 Å². The Hall–Kier alpha value is -1.18. The summed E-state index contributed by atoms with van der Waals surface area (Å²) in [7, 11) is 2.19. The quantitative estimate of drug-likeness (QED) is 0.546. The molecule has 1 saturated carbocycles. The predicted octanol–water partition coefficient (Wildman–Crippen LogP) is 1.77. The van der Waals surface area contributed by atoms with Gasteiger partial charge in [-0.2, -0.15) is 0 Å². The average Bonchev–Trinajstić information content (AvgIpc) is 3.20. The Morgan fingerprint density at radius 3 is 2.58 bits per heavy atom. The van der Waals surface area contributed by atoms with Crippen LogP contribution in [0.3, 0.4) is 0 Å². The second-order valence-corrected chi connectivity index (χ2v) is 11.7. The zero-order valence-corrected chi connectivity index (χ0v) is 20.6. The van der Waals surface area contributed by atoms with Gasteiger partial charge in [-0.05, 0) is 37.1 Å². The minimum absolute atomic E-state index is 0.171. The van der Waals surface area contributed by atoms with Crippen molar-refractivity contribution in [3.63, 3.8) is 0 Å². The van der Waals surface area contributed by atoms with E-state index in [-0.39, 0.29) is 41.5 Å². The van der Waals surface area contributed by atoms with Crippen LogP contribution in [0.2, 0.25) is 0 Å². The van der Waals surface area contributed by atoms with Gasteiger partial charge in [0.25, 0.3) is 0 Å². The number of rotatable bonds is 7. The van der Waals surface area contributed by atoms with Crippen LogP contribution in [0.5, 0.6) is 0 Å². The molecular weight excluding hydrogens is 414 g/mol. The molecule has 1 spiro atoms. The van der Waals surface area contributed by atoms with E-state index in [1.165, 1.54) is 11.3 Å². The monoisotopic (exact) mass is 456 g/mol. The van der Waals surface area contributed by atoms with Gasteiger partial charge in [-0.3, -0.25) is 4.48 Å². The van der Waals surface area contributed by atoms with E-state index in [0.717, 1.165) is 32.4 Å². The molecule has 182 valence electrons. The maximum atomic E-state index is 12.1. The zero-order chi connectivity index (χ0) is 23.3. The molecule has 6 aliphatic rings. The van der Waals surface area contributed by atoms with Crippen LogP contribution in [0, 0.1) is 17.8 Å². The Balaban J connectivity index is 1.48. The van der Waals surface area contributed by atoms with Crippen LogP contribution < -0.4 is 4.90 Å². The molecule has 1 aliphatic carbocycles. The van der Waals surface area contributed by atoms with Crippen LogP contribution in [0.4, 0.5) is 5.69 Å². The average molecular weight is 457 g/mol. The molecule has 5 heterocycles. The molecule has 0 aromatic heterocycles. The fraction of sp³-hybridized carbons (Fsp3) is 0.778. The number of hydrogen-bond donors (Lipinski definition) is 3. The minimum Gasteiger partial charge on any atom is -0.392 e. The first-order valence-electron chi connectivity index (χ1n) is 13.3. The Labute approximate surface area is 198 Å². The lowest BCUT2D eigenvalue weighted by atomic mass is 9.60. The number of likely N-dealkylation sites (N-methyl/N-ethyl adjacent to an activating group) is 2. The molecule has 7 rings (SSSR count). The standard InChI is InChI=1S/C27H42N3O3/c1-5-17-18-12-21-24-27(19-10-8-9-11-20(19)28(24)4)13-22(23(18)25(27)32)30(21,26(17)33)15-16(31)14-29(6-2)7-3/h8-11,16-18,21-26,31-33H,5-7,12-15H2,1-4H3/q+1/t16?,17-,18?,21-,22-,23?,24-,25?,26+,27+,30?/m0/s1. The Bertz CT molecular complexity index is 924. The van der Waals surface area contributed by atoms with Crippen molar-refractivity contribution in [2.75, 3.05) is 38.1 Å². The summed E-state index contributed by atoms with van der Waals surface area (Å²) in [5, 5.41) is 35.5. The number of aliphatic hydroxyl groups excluding tert-OH is 3. The molecule has 6 nitrogen and oxygen atoms in total. The van der Waals surface area contributed by atoms with E-state index < -0.39 is 12.3 Å². The third-order valence-corrected chi connectivity index (χ3v) is 11.0. The van der Waals surface area contributed by atoms with Gasteiger partial charge in [-0.1, -0.05) is 39.0 Å². The number of nitrogens with zero attached hydrogens (tertiary/aromatic N) is 3. The number of aliphatic hydroxyl groups is 3. The molecule has 5 fully saturated rings. The van der Waals surface area contributed by atoms with Gasteiger partial charge < -0.3 is 25.1 Å². The molecular formula is C27H42N3O3+. The smallest absolute Gasteiger partial charge is 0.194 e. The molecule has 3 N–H and O–H groups in total. The molecule has 11 atom stereocenters. The summed E-state index contributed by atoms with van der Waals surface area (Å²) >= 11 is 0. The number of fused-ring (bicyclic) bond motifs is 2. The van der Waals surface area contributed by atoms with Crippen LogP contribution in [0.1, 0.15) is 45.6 Å². The van der Waals surface area contributed by atoms with Crippen LogP contribution >= 0.6 is 0 Å². The lowest BCUT2D eigenvalue weighted by Gasteiger charge is -2.68. The first-order valence-corrected chi connectivity index (χ1v) is 13.3. The highest BCUT2D eigenvalue weighted by molar-refractivity contribution is 5.66. The minimum atomic E-state index is -0.478. The molecule has 0 amide bonds. The lowest BCUT2D eigenvalue weighted by molar-refractivity contribution is -1.04. The van der Waals surface area contributed by atoms with Crippen molar-refractivity contribution in [3.05, 3.63) is 29.8 Å². The number of anilines is 1. The van der Waals surface area contributed by atoms with Crippen molar-refractivity contribution in [2.24, 2.45) is 17.8 Å². The highest BCUT2D eigenvalue weighted by atomic mass is 16.3. The van der Waals surface area contributed by atoms with E-state index in [1.807, 2.05) is 0 Å². The Kier molecular flexibility index (Phi) is 5.01. The van der Waals surface area contributed by atoms with Crippen molar-refractivity contribution in [3.8, 4) is 0 Å². The van der Waals surface area contributed by atoms with Crippen molar-refractivity contribution < 1.29 is 19.8 Å². The maximum absolute atomic E-state index is 12.1. The van der Waals surface area contributed by atoms with Gasteiger partial charge in [0, 0.05) is 44.0 Å². The predicted molar refractivity (Wildman–Crippen MR) is 129 cm³/mol. The molecule has 33 heavy (non-hydrogen) atoms. The molecule has 0 radical (unpaired) electrons. The number of hydrogen-bond acceptors (Lipinski definition) is 5. The van der Waals surface area contributed by atoms with E-state index in [2.05, 4.69) is 61.9 Å². The summed E-state index contributed by atoms with van der Waals surface area (Å²) in [6, 6.07) is 9.31. The van der Waals surface area contributed by atoms with Gasteiger partial charge >= 0.3 is 0 Å². The second kappa shape index (κ2) is 7.41. The zero-order valence-electron chi connectivity index (χ0n) is 20.6. The normalized spacial score (nSPS) is 47.3. The molecule has 1 aromatic carbocycles.